The molecule has 3 heterocycles. The lowest BCUT2D eigenvalue weighted by Crippen LogP contribution is -2.58. The third kappa shape index (κ3) is 2.07. The quantitative estimate of drug-likeness (QED) is 0.728. The Morgan fingerprint density at radius 1 is 1.55 bits per heavy atom. The maximum Gasteiger partial charge on any atom is 0.254 e. The average molecular weight is 275 g/mol. The standard InChI is InChI=1S/C12H17N7O/c1-8-5-10(19-12(17-8)15-7-16-19)18-4-3-14-6-9(18)11(20)13-2/h5,7,9,14H,3-4,6H2,1-2H3,(H,13,20). The van der Waals surface area contributed by atoms with E-state index in [0.29, 0.717) is 12.3 Å². The lowest BCUT2D eigenvalue weighted by Gasteiger charge is -2.36. The molecule has 1 atom stereocenters. The van der Waals surface area contributed by atoms with E-state index in [1.807, 2.05) is 17.9 Å². The van der Waals surface area contributed by atoms with E-state index in [2.05, 4.69) is 25.7 Å². The Bertz CT molecular complexity index is 638. The molecule has 8 nitrogen and oxygen atoms in total. The highest BCUT2D eigenvalue weighted by atomic mass is 16.2. The van der Waals surface area contributed by atoms with Crippen LogP contribution in [0.2, 0.25) is 0 Å². The van der Waals surface area contributed by atoms with Crippen molar-refractivity contribution < 1.29 is 4.79 Å². The van der Waals surface area contributed by atoms with Crippen molar-refractivity contribution in [2.75, 3.05) is 31.6 Å². The van der Waals surface area contributed by atoms with E-state index < -0.39 is 0 Å². The van der Waals surface area contributed by atoms with Crippen LogP contribution in [0.3, 0.4) is 0 Å². The van der Waals surface area contributed by atoms with E-state index in [-0.39, 0.29) is 11.9 Å². The molecule has 1 unspecified atom stereocenters. The van der Waals surface area contributed by atoms with Crippen molar-refractivity contribution in [1.82, 2.24) is 30.2 Å². The van der Waals surface area contributed by atoms with Crippen molar-refractivity contribution in [2.45, 2.75) is 13.0 Å². The van der Waals surface area contributed by atoms with Gasteiger partial charge in [-0.3, -0.25) is 4.79 Å². The summed E-state index contributed by atoms with van der Waals surface area (Å²) in [6.07, 6.45) is 1.47. The fourth-order valence-corrected chi connectivity index (χ4v) is 2.50. The van der Waals surface area contributed by atoms with Crippen LogP contribution in [0.1, 0.15) is 5.69 Å². The summed E-state index contributed by atoms with van der Waals surface area (Å²) in [5.74, 6) is 1.38. The predicted molar refractivity (Wildman–Crippen MR) is 73.6 cm³/mol. The summed E-state index contributed by atoms with van der Waals surface area (Å²) in [4.78, 5) is 22.6. The summed E-state index contributed by atoms with van der Waals surface area (Å²) in [6.45, 7) is 4.08. The topological polar surface area (TPSA) is 87.5 Å². The normalized spacial score (nSPS) is 19.3. The van der Waals surface area contributed by atoms with Crippen LogP contribution in [0.25, 0.3) is 5.78 Å². The van der Waals surface area contributed by atoms with Gasteiger partial charge in [0, 0.05) is 38.4 Å². The molecule has 3 rings (SSSR count). The zero-order valence-electron chi connectivity index (χ0n) is 11.5. The summed E-state index contributed by atoms with van der Waals surface area (Å²) in [5, 5.41) is 10.2. The van der Waals surface area contributed by atoms with Gasteiger partial charge in [0.25, 0.3) is 5.78 Å². The van der Waals surface area contributed by atoms with E-state index in [1.165, 1.54) is 6.33 Å². The van der Waals surface area contributed by atoms with Gasteiger partial charge in [0.2, 0.25) is 5.91 Å². The molecule has 8 heteroatoms. The van der Waals surface area contributed by atoms with Gasteiger partial charge in [0.15, 0.2) is 0 Å². The zero-order valence-corrected chi connectivity index (χ0v) is 11.5. The molecular formula is C12H17N7O. The highest BCUT2D eigenvalue weighted by Gasteiger charge is 2.30. The molecule has 0 aliphatic carbocycles. The Labute approximate surface area is 116 Å². The highest BCUT2D eigenvalue weighted by Crippen LogP contribution is 2.19. The van der Waals surface area contributed by atoms with E-state index in [1.54, 1.807) is 11.6 Å². The van der Waals surface area contributed by atoms with Crippen LogP contribution in [0.15, 0.2) is 12.4 Å². The van der Waals surface area contributed by atoms with Crippen LogP contribution < -0.4 is 15.5 Å². The van der Waals surface area contributed by atoms with E-state index in [9.17, 15) is 4.79 Å². The minimum atomic E-state index is -0.261. The Balaban J connectivity index is 2.07. The van der Waals surface area contributed by atoms with Crippen LogP contribution in [0.5, 0.6) is 0 Å². The van der Waals surface area contributed by atoms with Crippen LogP contribution in [-0.2, 0) is 4.79 Å². The summed E-state index contributed by atoms with van der Waals surface area (Å²) >= 11 is 0. The molecule has 2 aromatic heterocycles. The smallest absolute Gasteiger partial charge is 0.254 e. The first kappa shape index (κ1) is 12.8. The van der Waals surface area contributed by atoms with Crippen molar-refractivity contribution >= 4 is 17.5 Å². The van der Waals surface area contributed by atoms with Gasteiger partial charge in [-0.25, -0.2) is 4.98 Å². The second-order valence-corrected chi connectivity index (χ2v) is 4.76. The van der Waals surface area contributed by atoms with E-state index in [0.717, 1.165) is 24.6 Å². The van der Waals surface area contributed by atoms with Gasteiger partial charge in [-0.2, -0.15) is 14.6 Å². The molecule has 1 aliphatic rings. The lowest BCUT2D eigenvalue weighted by atomic mass is 10.1. The Morgan fingerprint density at radius 3 is 3.20 bits per heavy atom. The van der Waals surface area contributed by atoms with E-state index in [4.69, 9.17) is 0 Å². The van der Waals surface area contributed by atoms with Gasteiger partial charge in [-0.1, -0.05) is 0 Å². The van der Waals surface area contributed by atoms with Crippen LogP contribution in [0, 0.1) is 6.92 Å². The number of rotatable bonds is 2. The predicted octanol–water partition coefficient (Wildman–Crippen LogP) is -1.04. The summed E-state index contributed by atoms with van der Waals surface area (Å²) < 4.78 is 1.67. The van der Waals surface area contributed by atoms with Gasteiger partial charge in [-0.15, -0.1) is 0 Å². The molecule has 2 N–H and O–H groups in total. The Hall–Kier alpha value is -2.22. The number of carbonyl (C=O) groups is 1. The van der Waals surface area contributed by atoms with Gasteiger partial charge in [0.1, 0.15) is 18.2 Å². The first-order valence-electron chi connectivity index (χ1n) is 6.57. The summed E-state index contributed by atoms with van der Waals surface area (Å²) in [5.41, 5.74) is 0.856. The fraction of sp³-hybridized carbons (Fsp3) is 0.500. The molecule has 2 aromatic rings. The van der Waals surface area contributed by atoms with Crippen molar-refractivity contribution in [3.63, 3.8) is 0 Å². The summed E-state index contributed by atoms with van der Waals surface area (Å²) in [6, 6.07) is 1.67. The molecule has 1 amide bonds. The third-order valence-electron chi connectivity index (χ3n) is 3.45. The number of hydrogen-bond acceptors (Lipinski definition) is 6. The molecule has 0 aromatic carbocycles. The minimum absolute atomic E-state index is 0.0140. The number of hydrogen-bond donors (Lipinski definition) is 2. The van der Waals surface area contributed by atoms with Crippen LogP contribution >= 0.6 is 0 Å². The average Bonchev–Trinajstić information content (AvgIpc) is 2.93. The number of amides is 1. The molecule has 0 spiro atoms. The van der Waals surface area contributed by atoms with E-state index >= 15 is 0 Å². The van der Waals surface area contributed by atoms with Crippen molar-refractivity contribution in [1.29, 1.82) is 0 Å². The molecule has 1 saturated heterocycles. The molecule has 20 heavy (non-hydrogen) atoms. The first-order chi connectivity index (χ1) is 9.70. The number of likely N-dealkylation sites (N-methyl/N-ethyl adjacent to an activating group) is 1. The van der Waals surface area contributed by atoms with Gasteiger partial charge >= 0.3 is 0 Å². The number of nitrogens with zero attached hydrogens (tertiary/aromatic N) is 5. The monoisotopic (exact) mass is 275 g/mol. The number of carbonyl (C=O) groups excluding carboxylic acids is 1. The SMILES string of the molecule is CNC(=O)C1CNCCN1c1cc(C)nc2ncnn12. The molecule has 0 saturated carbocycles. The number of piperazine rings is 1. The van der Waals surface area contributed by atoms with Crippen LogP contribution in [0.4, 0.5) is 5.82 Å². The highest BCUT2D eigenvalue weighted by molar-refractivity contribution is 5.85. The second-order valence-electron chi connectivity index (χ2n) is 4.76. The third-order valence-corrected chi connectivity index (χ3v) is 3.45. The number of fused-ring (bicyclic) bond motifs is 1. The molecule has 1 aliphatic heterocycles. The molecule has 1 fully saturated rings. The zero-order chi connectivity index (χ0) is 14.1. The number of aromatic nitrogens is 4. The fourth-order valence-electron chi connectivity index (χ4n) is 2.50. The Kier molecular flexibility index (Phi) is 3.23. The van der Waals surface area contributed by atoms with Crippen LogP contribution in [-0.4, -0.2) is 58.2 Å². The summed E-state index contributed by atoms with van der Waals surface area (Å²) in [7, 11) is 1.65. The first-order valence-corrected chi connectivity index (χ1v) is 6.57. The molecule has 0 bridgehead atoms. The number of aryl methyl sites for hydroxylation is 1. The molecule has 106 valence electrons. The second kappa shape index (κ2) is 5.04. The molecule has 0 radical (unpaired) electrons. The lowest BCUT2D eigenvalue weighted by molar-refractivity contribution is -0.122. The van der Waals surface area contributed by atoms with Crippen molar-refractivity contribution in [2.24, 2.45) is 0 Å². The van der Waals surface area contributed by atoms with Gasteiger partial charge in [-0.05, 0) is 6.92 Å². The number of nitrogens with one attached hydrogen (secondary N) is 2. The maximum absolute atomic E-state index is 12.1. The maximum atomic E-state index is 12.1. The Morgan fingerprint density at radius 2 is 2.40 bits per heavy atom. The van der Waals surface area contributed by atoms with Gasteiger partial charge < -0.3 is 15.5 Å². The van der Waals surface area contributed by atoms with Gasteiger partial charge in [0.05, 0.1) is 0 Å². The largest absolute Gasteiger partial charge is 0.357 e. The number of anilines is 1. The molecular weight excluding hydrogens is 258 g/mol. The van der Waals surface area contributed by atoms with Crippen molar-refractivity contribution in [3.8, 4) is 0 Å². The minimum Gasteiger partial charge on any atom is -0.357 e. The van der Waals surface area contributed by atoms with Crippen molar-refractivity contribution in [3.05, 3.63) is 18.1 Å².